The zero-order chi connectivity index (χ0) is 24.2. The molecule has 3 aromatic rings. The topological polar surface area (TPSA) is 88.0 Å². The van der Waals surface area contributed by atoms with E-state index in [0.29, 0.717) is 12.5 Å². The monoisotopic (exact) mass is 486 g/mol. The standard InChI is InChI=1S/C25H27ClN2O4S/c1-16(2)21-7-5-19(6-8-21)15-32-25-17(3)11-20(12-18(25)4)14-27-28-33(30,31)22-9-10-24(29)23(26)13-22/h5-14,16,28-29H,15H2,1-4H3/b27-14-. The molecule has 0 amide bonds. The van der Waals surface area contributed by atoms with E-state index in [1.165, 1.54) is 23.9 Å². The van der Waals surface area contributed by atoms with Crippen molar-refractivity contribution in [1.29, 1.82) is 0 Å². The van der Waals surface area contributed by atoms with Crippen molar-refractivity contribution >= 4 is 27.8 Å². The van der Waals surface area contributed by atoms with Crippen LogP contribution in [0.15, 0.2) is 64.6 Å². The Balaban J connectivity index is 1.67. The fourth-order valence-electron chi connectivity index (χ4n) is 3.32. The number of phenols is 1. The van der Waals surface area contributed by atoms with Crippen LogP contribution >= 0.6 is 11.6 Å². The average molecular weight is 487 g/mol. The molecule has 6 nitrogen and oxygen atoms in total. The van der Waals surface area contributed by atoms with Crippen LogP contribution in [0.3, 0.4) is 0 Å². The van der Waals surface area contributed by atoms with Crippen molar-refractivity contribution in [2.45, 2.75) is 45.1 Å². The summed E-state index contributed by atoms with van der Waals surface area (Å²) in [5.74, 6) is 1.08. The summed E-state index contributed by atoms with van der Waals surface area (Å²) in [7, 11) is -3.91. The summed E-state index contributed by atoms with van der Waals surface area (Å²) in [4.78, 5) is 2.06. The van der Waals surface area contributed by atoms with Gasteiger partial charge in [0, 0.05) is 0 Å². The molecule has 8 heteroatoms. The van der Waals surface area contributed by atoms with E-state index in [1.54, 1.807) is 0 Å². The number of rotatable bonds is 8. The van der Waals surface area contributed by atoms with Gasteiger partial charge in [0.25, 0.3) is 10.0 Å². The fourth-order valence-corrected chi connectivity index (χ4v) is 4.38. The summed E-state index contributed by atoms with van der Waals surface area (Å²) in [6.07, 6.45) is 1.42. The van der Waals surface area contributed by atoms with Gasteiger partial charge in [-0.15, -0.1) is 0 Å². The summed E-state index contributed by atoms with van der Waals surface area (Å²) >= 11 is 5.79. The summed E-state index contributed by atoms with van der Waals surface area (Å²) in [6, 6.07) is 15.8. The second-order valence-corrected chi connectivity index (χ2v) is 10.2. The first-order valence-corrected chi connectivity index (χ1v) is 12.3. The molecule has 3 aromatic carbocycles. The Morgan fingerprint density at radius 3 is 2.27 bits per heavy atom. The van der Waals surface area contributed by atoms with Crippen molar-refractivity contribution in [1.82, 2.24) is 4.83 Å². The van der Waals surface area contributed by atoms with Crippen LogP contribution in [0, 0.1) is 13.8 Å². The number of aryl methyl sites for hydroxylation is 2. The normalized spacial score (nSPS) is 11.8. The van der Waals surface area contributed by atoms with E-state index in [2.05, 4.69) is 48.0 Å². The molecule has 0 aliphatic rings. The minimum atomic E-state index is -3.91. The Bertz CT molecular complexity index is 1250. The molecule has 0 bridgehead atoms. The zero-order valence-corrected chi connectivity index (χ0v) is 20.5. The fraction of sp³-hybridized carbons (Fsp3) is 0.240. The Morgan fingerprint density at radius 2 is 1.70 bits per heavy atom. The molecule has 0 atom stereocenters. The number of hydrazone groups is 1. The van der Waals surface area contributed by atoms with Gasteiger partial charge in [0.2, 0.25) is 0 Å². The maximum absolute atomic E-state index is 12.4. The zero-order valence-electron chi connectivity index (χ0n) is 19.0. The number of nitrogens with one attached hydrogen (secondary N) is 1. The predicted molar refractivity (Wildman–Crippen MR) is 132 cm³/mol. The number of nitrogens with zero attached hydrogens (tertiary/aromatic N) is 1. The van der Waals surface area contributed by atoms with E-state index in [9.17, 15) is 13.5 Å². The van der Waals surface area contributed by atoms with Crippen LogP contribution in [0.25, 0.3) is 0 Å². The van der Waals surface area contributed by atoms with Crippen LogP contribution in [0.5, 0.6) is 11.5 Å². The lowest BCUT2D eigenvalue weighted by Crippen LogP contribution is -2.18. The van der Waals surface area contributed by atoms with Gasteiger partial charge in [-0.2, -0.15) is 13.5 Å². The Kier molecular flexibility index (Phi) is 7.66. The molecule has 2 N–H and O–H groups in total. The maximum Gasteiger partial charge on any atom is 0.276 e. The van der Waals surface area contributed by atoms with Gasteiger partial charge in [-0.1, -0.05) is 49.7 Å². The van der Waals surface area contributed by atoms with E-state index in [-0.39, 0.29) is 15.7 Å². The maximum atomic E-state index is 12.4. The molecule has 0 spiro atoms. The average Bonchev–Trinajstić information content (AvgIpc) is 2.75. The molecular weight excluding hydrogens is 460 g/mol. The number of aromatic hydroxyl groups is 1. The minimum absolute atomic E-state index is 0.0560. The summed E-state index contributed by atoms with van der Waals surface area (Å²) < 4.78 is 30.8. The van der Waals surface area contributed by atoms with Crippen LogP contribution in [-0.4, -0.2) is 19.7 Å². The molecule has 33 heavy (non-hydrogen) atoms. The lowest BCUT2D eigenvalue weighted by atomic mass is 10.0. The molecule has 0 saturated carbocycles. The highest BCUT2D eigenvalue weighted by Crippen LogP contribution is 2.27. The third kappa shape index (κ3) is 6.27. The van der Waals surface area contributed by atoms with E-state index in [1.807, 2.05) is 26.0 Å². The first-order valence-electron chi connectivity index (χ1n) is 10.4. The SMILES string of the molecule is Cc1cc(/C=N\NS(=O)(=O)c2ccc(O)c(Cl)c2)cc(C)c1OCc1ccc(C(C)C)cc1. The largest absolute Gasteiger partial charge is 0.506 e. The van der Waals surface area contributed by atoms with Crippen molar-refractivity contribution in [3.63, 3.8) is 0 Å². The number of phenolic OH excluding ortho intramolecular Hbond substituents is 1. The second-order valence-electron chi connectivity index (χ2n) is 8.13. The molecule has 0 aliphatic carbocycles. The molecule has 0 aliphatic heterocycles. The Labute approximate surface area is 199 Å². The van der Waals surface area contributed by atoms with Crippen molar-refractivity contribution in [3.8, 4) is 11.5 Å². The molecule has 0 radical (unpaired) electrons. The molecule has 0 fully saturated rings. The molecule has 0 aromatic heterocycles. The smallest absolute Gasteiger partial charge is 0.276 e. The number of benzene rings is 3. The van der Waals surface area contributed by atoms with Crippen LogP contribution in [-0.2, 0) is 16.6 Å². The van der Waals surface area contributed by atoms with Crippen LogP contribution in [0.2, 0.25) is 5.02 Å². The highest BCUT2D eigenvalue weighted by Gasteiger charge is 2.14. The third-order valence-corrected chi connectivity index (χ3v) is 6.65. The van der Waals surface area contributed by atoms with E-state index >= 15 is 0 Å². The van der Waals surface area contributed by atoms with Gasteiger partial charge < -0.3 is 9.84 Å². The predicted octanol–water partition coefficient (Wildman–Crippen LogP) is 5.68. The van der Waals surface area contributed by atoms with Gasteiger partial charge >= 0.3 is 0 Å². The van der Waals surface area contributed by atoms with E-state index in [4.69, 9.17) is 16.3 Å². The van der Waals surface area contributed by atoms with Crippen LogP contribution in [0.4, 0.5) is 0 Å². The van der Waals surface area contributed by atoms with Crippen LogP contribution in [0.1, 0.15) is 47.6 Å². The number of hydrogen-bond acceptors (Lipinski definition) is 5. The van der Waals surface area contributed by atoms with Gasteiger partial charge in [0.15, 0.2) is 0 Å². The number of halogens is 1. The first-order chi connectivity index (χ1) is 15.6. The number of ether oxygens (including phenoxy) is 1. The van der Waals surface area contributed by atoms with Gasteiger partial charge in [-0.3, -0.25) is 0 Å². The summed E-state index contributed by atoms with van der Waals surface area (Å²) in [6.45, 7) is 8.66. The molecule has 3 rings (SSSR count). The second kappa shape index (κ2) is 10.3. The van der Waals surface area contributed by atoms with Gasteiger partial charge in [-0.25, -0.2) is 4.83 Å². The summed E-state index contributed by atoms with van der Waals surface area (Å²) in [5.41, 5.74) is 4.95. The van der Waals surface area contributed by atoms with Crippen molar-refractivity contribution in [2.75, 3.05) is 0 Å². The van der Waals surface area contributed by atoms with E-state index < -0.39 is 10.0 Å². The van der Waals surface area contributed by atoms with Gasteiger partial charge in [0.1, 0.15) is 18.1 Å². The highest BCUT2D eigenvalue weighted by molar-refractivity contribution is 7.89. The molecular formula is C25H27ClN2O4S. The first kappa shape index (κ1) is 24.6. The minimum Gasteiger partial charge on any atom is -0.506 e. The Morgan fingerprint density at radius 1 is 1.06 bits per heavy atom. The van der Waals surface area contributed by atoms with Crippen molar-refractivity contribution in [3.05, 3.63) is 87.4 Å². The molecule has 0 saturated heterocycles. The third-order valence-electron chi connectivity index (χ3n) is 5.13. The Hall–Kier alpha value is -3.03. The number of sulfonamides is 1. The van der Waals surface area contributed by atoms with Gasteiger partial charge in [-0.05, 0) is 77.9 Å². The molecule has 0 unspecified atom stereocenters. The highest BCUT2D eigenvalue weighted by atomic mass is 35.5. The quantitative estimate of drug-likeness (QED) is 0.317. The van der Waals surface area contributed by atoms with Crippen molar-refractivity contribution < 1.29 is 18.3 Å². The molecule has 0 heterocycles. The van der Waals surface area contributed by atoms with E-state index in [0.717, 1.165) is 34.1 Å². The van der Waals surface area contributed by atoms with Crippen molar-refractivity contribution in [2.24, 2.45) is 5.10 Å². The summed E-state index contributed by atoms with van der Waals surface area (Å²) in [5, 5.41) is 13.3. The van der Waals surface area contributed by atoms with Crippen LogP contribution < -0.4 is 9.57 Å². The molecule has 174 valence electrons. The lowest BCUT2D eigenvalue weighted by Gasteiger charge is -2.14. The van der Waals surface area contributed by atoms with Gasteiger partial charge in [0.05, 0.1) is 16.1 Å². The lowest BCUT2D eigenvalue weighted by molar-refractivity contribution is 0.302. The number of hydrogen-bond donors (Lipinski definition) is 2.